The molecule has 3 nitrogen and oxygen atoms in total. The zero-order valence-corrected chi connectivity index (χ0v) is 19.0. The highest BCUT2D eigenvalue weighted by Crippen LogP contribution is 2.43. The van der Waals surface area contributed by atoms with Crippen molar-refractivity contribution >= 4 is 51.0 Å². The number of carbonyl (C=O) groups excluding carboxylic acids is 1. The molecule has 0 aromatic rings. The quantitative estimate of drug-likeness (QED) is 0.234. The average molecular weight is 589 g/mol. The van der Waals surface area contributed by atoms with Gasteiger partial charge in [0.2, 0.25) is 0 Å². The molecule has 0 bridgehead atoms. The predicted octanol–water partition coefficient (Wildman–Crippen LogP) is 5.15. The number of nitrogens with two attached hydrogens (primary N) is 1. The van der Waals surface area contributed by atoms with Crippen molar-refractivity contribution in [1.82, 2.24) is 0 Å². The third kappa shape index (κ3) is 6.44. The molecule has 0 aliphatic heterocycles. The first kappa shape index (κ1) is 23.9. The van der Waals surface area contributed by atoms with Crippen LogP contribution in [0.25, 0.3) is 0 Å². The summed E-state index contributed by atoms with van der Waals surface area (Å²) < 4.78 is 38.9. The zero-order valence-electron chi connectivity index (χ0n) is 14.7. The molecule has 0 aromatic carbocycles. The molecule has 0 heterocycles. The first-order chi connectivity index (χ1) is 11.3. The molecule has 1 saturated carbocycles. The van der Waals surface area contributed by atoms with Crippen molar-refractivity contribution in [3.05, 3.63) is 0 Å². The number of rotatable bonds is 8. The van der Waals surface area contributed by atoms with E-state index in [9.17, 15) is 23.1 Å². The van der Waals surface area contributed by atoms with Gasteiger partial charge in [-0.2, -0.15) is 13.2 Å². The summed E-state index contributed by atoms with van der Waals surface area (Å²) in [4.78, 5) is 12.4. The Labute approximate surface area is 175 Å². The summed E-state index contributed by atoms with van der Waals surface area (Å²) in [5.41, 5.74) is 3.03. The van der Waals surface area contributed by atoms with Crippen LogP contribution in [0.4, 0.5) is 13.2 Å². The zero-order chi connectivity index (χ0) is 19.5. The maximum Gasteiger partial charge on any atom is 0.417 e. The van der Waals surface area contributed by atoms with Crippen LogP contribution in [0.2, 0.25) is 0 Å². The molecule has 1 aliphatic rings. The Kier molecular flexibility index (Phi) is 8.94. The van der Waals surface area contributed by atoms with E-state index in [1.54, 1.807) is 6.92 Å². The summed E-state index contributed by atoms with van der Waals surface area (Å²) >= 11 is 3.92. The van der Waals surface area contributed by atoms with E-state index in [1.807, 2.05) is 45.2 Å². The van der Waals surface area contributed by atoms with Gasteiger partial charge in [0.25, 0.3) is 0 Å². The van der Waals surface area contributed by atoms with E-state index in [-0.39, 0.29) is 24.5 Å². The second-order valence-electron chi connectivity index (χ2n) is 7.52. The van der Waals surface area contributed by atoms with E-state index in [4.69, 9.17) is 5.73 Å². The Hall–Kier alpha value is 0.840. The molecule has 4 atom stereocenters. The number of alkyl halides is 5. The molecular formula is C17H28F3I2NO2. The van der Waals surface area contributed by atoms with Crippen molar-refractivity contribution in [2.75, 3.05) is 0 Å². The molecule has 0 aromatic heterocycles. The fraction of sp³-hybridized carbons (Fsp3) is 0.941. The molecule has 1 aliphatic carbocycles. The molecule has 1 fully saturated rings. The van der Waals surface area contributed by atoms with Gasteiger partial charge in [-0.3, -0.25) is 4.79 Å². The van der Waals surface area contributed by atoms with Crippen molar-refractivity contribution in [3.63, 3.8) is 0 Å². The minimum absolute atomic E-state index is 0.000240. The van der Waals surface area contributed by atoms with E-state index in [2.05, 4.69) is 0 Å². The van der Waals surface area contributed by atoms with Gasteiger partial charge in [0.05, 0.1) is 4.05 Å². The van der Waals surface area contributed by atoms with Crippen LogP contribution in [-0.4, -0.2) is 30.1 Å². The third-order valence-corrected chi connectivity index (χ3v) is 9.20. The Bertz CT molecular complexity index is 448. The van der Waals surface area contributed by atoms with Gasteiger partial charge in [0.15, 0.2) is 11.4 Å². The fourth-order valence-electron chi connectivity index (χ4n) is 3.39. The monoisotopic (exact) mass is 589 g/mol. The Morgan fingerprint density at radius 2 is 1.76 bits per heavy atom. The molecule has 0 saturated heterocycles. The van der Waals surface area contributed by atoms with Crippen LogP contribution in [0, 0.1) is 11.8 Å². The van der Waals surface area contributed by atoms with Gasteiger partial charge < -0.3 is 10.8 Å². The van der Waals surface area contributed by atoms with E-state index in [0.717, 1.165) is 39.0 Å². The minimum Gasteiger partial charge on any atom is -0.380 e. The van der Waals surface area contributed by atoms with E-state index >= 15 is 0 Å². The van der Waals surface area contributed by atoms with Crippen molar-refractivity contribution in [3.8, 4) is 0 Å². The van der Waals surface area contributed by atoms with Crippen LogP contribution in [0.1, 0.15) is 65.2 Å². The lowest BCUT2D eigenvalue weighted by Gasteiger charge is -2.38. The molecule has 4 unspecified atom stereocenters. The molecule has 3 N–H and O–H groups in total. The van der Waals surface area contributed by atoms with Gasteiger partial charge in [-0.25, -0.2) is 0 Å². The van der Waals surface area contributed by atoms with Gasteiger partial charge in [0, 0.05) is 6.42 Å². The fourth-order valence-corrected chi connectivity index (χ4v) is 4.01. The SMILES string of the molecule is CC(I)(C(=O)CCC(CC1CCCCC1)C(C)(O)C(F)(F)F)C(N)I. The first-order valence-electron chi connectivity index (χ1n) is 8.71. The van der Waals surface area contributed by atoms with Crippen molar-refractivity contribution < 1.29 is 23.1 Å². The Balaban J connectivity index is 2.86. The van der Waals surface area contributed by atoms with E-state index in [1.165, 1.54) is 0 Å². The molecule has 1 rings (SSSR count). The first-order valence-corrected chi connectivity index (χ1v) is 11.0. The summed E-state index contributed by atoms with van der Waals surface area (Å²) in [5, 5.41) is 10.2. The third-order valence-electron chi connectivity index (χ3n) is 5.49. The van der Waals surface area contributed by atoms with Crippen molar-refractivity contribution in [2.45, 2.75) is 84.5 Å². The number of Topliss-reactive ketones (excluding diaryl/α,β-unsaturated/α-hetero) is 1. The molecule has 8 heteroatoms. The largest absolute Gasteiger partial charge is 0.417 e. The second-order valence-corrected chi connectivity index (χ2v) is 11.1. The topological polar surface area (TPSA) is 63.3 Å². The maximum atomic E-state index is 13.4. The highest BCUT2D eigenvalue weighted by Gasteiger charge is 2.55. The smallest absolute Gasteiger partial charge is 0.380 e. The summed E-state index contributed by atoms with van der Waals surface area (Å²) in [6.07, 6.45) is 0.623. The predicted molar refractivity (Wildman–Crippen MR) is 110 cm³/mol. The van der Waals surface area contributed by atoms with Gasteiger partial charge in [-0.1, -0.05) is 77.3 Å². The van der Waals surface area contributed by atoms with Gasteiger partial charge in [-0.05, 0) is 38.5 Å². The summed E-state index contributed by atoms with van der Waals surface area (Å²) in [7, 11) is 0. The number of ketones is 1. The summed E-state index contributed by atoms with van der Waals surface area (Å²) in [6, 6.07) is 0. The molecule has 25 heavy (non-hydrogen) atoms. The standard InChI is InChI=1S/C17H28F3I2NO2/c1-15(22,14(21)23)13(24)9-8-12(16(2,25)17(18,19)20)10-11-6-4-3-5-7-11/h11-12,14,25H,3-10,23H2,1-2H3. The van der Waals surface area contributed by atoms with Crippen LogP contribution in [0.15, 0.2) is 0 Å². The Morgan fingerprint density at radius 1 is 1.24 bits per heavy atom. The number of hydrogen-bond acceptors (Lipinski definition) is 3. The highest BCUT2D eigenvalue weighted by atomic mass is 127. The molecule has 0 spiro atoms. The number of hydrogen-bond donors (Lipinski definition) is 2. The molecule has 0 radical (unpaired) electrons. The second kappa shape index (κ2) is 9.36. The van der Waals surface area contributed by atoms with Gasteiger partial charge >= 0.3 is 6.18 Å². The number of aliphatic hydroxyl groups is 1. The van der Waals surface area contributed by atoms with Crippen LogP contribution in [0.5, 0.6) is 0 Å². The number of halogens is 5. The van der Waals surface area contributed by atoms with Crippen LogP contribution in [-0.2, 0) is 4.79 Å². The summed E-state index contributed by atoms with van der Waals surface area (Å²) in [5.74, 6) is -0.945. The van der Waals surface area contributed by atoms with Gasteiger partial charge in [-0.15, -0.1) is 0 Å². The normalized spacial score (nSPS) is 24.2. The highest BCUT2D eigenvalue weighted by molar-refractivity contribution is 14.1. The lowest BCUT2D eigenvalue weighted by Crippen LogP contribution is -2.50. The van der Waals surface area contributed by atoms with Crippen LogP contribution < -0.4 is 5.73 Å². The minimum atomic E-state index is -4.71. The van der Waals surface area contributed by atoms with Crippen molar-refractivity contribution in [1.29, 1.82) is 0 Å². The lowest BCUT2D eigenvalue weighted by molar-refractivity contribution is -0.274. The molecule has 148 valence electrons. The van der Waals surface area contributed by atoms with Crippen LogP contribution >= 0.6 is 45.2 Å². The average Bonchev–Trinajstić information content (AvgIpc) is 2.50. The number of carbonyl (C=O) groups is 1. The molecule has 0 amide bonds. The van der Waals surface area contributed by atoms with Crippen LogP contribution in [0.3, 0.4) is 0 Å². The maximum absolute atomic E-state index is 13.4. The Morgan fingerprint density at radius 3 is 2.20 bits per heavy atom. The van der Waals surface area contributed by atoms with Crippen molar-refractivity contribution in [2.24, 2.45) is 17.6 Å². The van der Waals surface area contributed by atoms with Gasteiger partial charge in [0.1, 0.15) is 3.42 Å². The lowest BCUT2D eigenvalue weighted by atomic mass is 9.74. The van der Waals surface area contributed by atoms with E-state index in [0.29, 0.717) is 6.42 Å². The van der Waals surface area contributed by atoms with E-state index < -0.39 is 25.2 Å². The molecular weight excluding hydrogens is 561 g/mol. The summed E-state index contributed by atoms with van der Waals surface area (Å²) in [6.45, 7) is 2.54.